The minimum absolute atomic E-state index is 0.251. The Labute approximate surface area is 122 Å². The Balaban J connectivity index is 1.70. The molecule has 0 unspecified atom stereocenters. The zero-order valence-corrected chi connectivity index (χ0v) is 11.8. The van der Waals surface area contributed by atoms with Crippen molar-refractivity contribution in [1.82, 2.24) is 15.0 Å². The monoisotopic (exact) mass is 293 g/mol. The number of hydrogen-bond acceptors (Lipinski definition) is 5. The van der Waals surface area contributed by atoms with E-state index in [1.165, 1.54) is 0 Å². The molecule has 1 fully saturated rings. The van der Waals surface area contributed by atoms with Gasteiger partial charge in [0.05, 0.1) is 12.6 Å². The average Bonchev–Trinajstić information content (AvgIpc) is 2.87. The molecule has 0 radical (unpaired) electrons. The molecule has 0 bridgehead atoms. The number of halogens is 1. The van der Waals surface area contributed by atoms with Crippen molar-refractivity contribution in [2.45, 2.75) is 25.5 Å². The maximum Gasteiger partial charge on any atom is 0.241 e. The molecule has 0 amide bonds. The summed E-state index contributed by atoms with van der Waals surface area (Å²) in [5, 5.41) is 14.3. The van der Waals surface area contributed by atoms with E-state index in [9.17, 15) is 5.11 Å². The number of β-amino-alcohol motifs (C(OH)–C–C–N with tert-alkyl or cyclic N) is 1. The third kappa shape index (κ3) is 3.17. The number of piperidine rings is 1. The topological polar surface area (TPSA) is 62.4 Å². The predicted octanol–water partition coefficient (Wildman–Crippen LogP) is 2.35. The summed E-state index contributed by atoms with van der Waals surface area (Å²) >= 11 is 5.95. The molecule has 1 saturated heterocycles. The van der Waals surface area contributed by atoms with Crippen LogP contribution in [-0.2, 0) is 6.54 Å². The fourth-order valence-electron chi connectivity index (χ4n) is 2.43. The van der Waals surface area contributed by atoms with E-state index in [-0.39, 0.29) is 6.10 Å². The lowest BCUT2D eigenvalue weighted by molar-refractivity contribution is 0.0613. The molecule has 0 spiro atoms. The van der Waals surface area contributed by atoms with Crippen LogP contribution in [-0.4, -0.2) is 39.3 Å². The Morgan fingerprint density at radius 1 is 1.45 bits per heavy atom. The number of aliphatic hydroxyl groups excluding tert-OH is 1. The van der Waals surface area contributed by atoms with Crippen LogP contribution in [0.15, 0.2) is 28.8 Å². The van der Waals surface area contributed by atoms with Crippen molar-refractivity contribution in [3.63, 3.8) is 0 Å². The summed E-state index contributed by atoms with van der Waals surface area (Å²) in [5.74, 6) is 1.11. The van der Waals surface area contributed by atoms with Gasteiger partial charge in [-0.1, -0.05) is 28.9 Å². The summed E-state index contributed by atoms with van der Waals surface area (Å²) < 4.78 is 5.27. The minimum Gasteiger partial charge on any atom is -0.392 e. The standard InChI is InChI=1S/C14H16ClN3O2/c15-11-4-1-3-10(7-11)14-16-13(20-17-14)9-18-6-2-5-12(19)8-18/h1,3-4,7,12,19H,2,5-6,8-9H2/t12-/m0/s1. The SMILES string of the molecule is O[C@H]1CCCN(Cc2nc(-c3cccc(Cl)c3)no2)C1. The third-order valence-electron chi connectivity index (χ3n) is 3.39. The first-order valence-electron chi connectivity index (χ1n) is 6.69. The summed E-state index contributed by atoms with van der Waals surface area (Å²) in [6.45, 7) is 2.19. The summed E-state index contributed by atoms with van der Waals surface area (Å²) in [7, 11) is 0. The van der Waals surface area contributed by atoms with Crippen molar-refractivity contribution in [3.8, 4) is 11.4 Å². The highest BCUT2D eigenvalue weighted by atomic mass is 35.5. The van der Waals surface area contributed by atoms with Gasteiger partial charge in [0, 0.05) is 17.1 Å². The van der Waals surface area contributed by atoms with Crippen molar-refractivity contribution < 1.29 is 9.63 Å². The highest BCUT2D eigenvalue weighted by Gasteiger charge is 2.20. The first kappa shape index (κ1) is 13.5. The van der Waals surface area contributed by atoms with E-state index in [0.29, 0.717) is 29.8 Å². The Morgan fingerprint density at radius 3 is 3.15 bits per heavy atom. The molecule has 1 aliphatic rings. The van der Waals surface area contributed by atoms with Crippen LogP contribution in [0.3, 0.4) is 0 Å². The zero-order chi connectivity index (χ0) is 13.9. The van der Waals surface area contributed by atoms with Gasteiger partial charge in [0.2, 0.25) is 11.7 Å². The Bertz CT molecular complexity index is 587. The molecule has 5 nitrogen and oxygen atoms in total. The van der Waals surface area contributed by atoms with E-state index >= 15 is 0 Å². The van der Waals surface area contributed by atoms with Crippen LogP contribution >= 0.6 is 11.6 Å². The zero-order valence-electron chi connectivity index (χ0n) is 11.0. The molecule has 1 aliphatic heterocycles. The van der Waals surface area contributed by atoms with Gasteiger partial charge in [-0.25, -0.2) is 0 Å². The maximum absolute atomic E-state index is 9.65. The number of rotatable bonds is 3. The molecule has 0 aliphatic carbocycles. The summed E-state index contributed by atoms with van der Waals surface area (Å²) in [6.07, 6.45) is 1.61. The number of aromatic nitrogens is 2. The van der Waals surface area contributed by atoms with E-state index in [4.69, 9.17) is 16.1 Å². The van der Waals surface area contributed by atoms with Gasteiger partial charge >= 0.3 is 0 Å². The molecule has 106 valence electrons. The molecule has 20 heavy (non-hydrogen) atoms. The lowest BCUT2D eigenvalue weighted by Crippen LogP contribution is -2.37. The third-order valence-corrected chi connectivity index (χ3v) is 3.63. The van der Waals surface area contributed by atoms with Gasteiger partial charge in [-0.05, 0) is 31.5 Å². The van der Waals surface area contributed by atoms with E-state index in [2.05, 4.69) is 15.0 Å². The number of hydrogen-bond donors (Lipinski definition) is 1. The first-order chi connectivity index (χ1) is 9.70. The smallest absolute Gasteiger partial charge is 0.241 e. The molecular weight excluding hydrogens is 278 g/mol. The van der Waals surface area contributed by atoms with E-state index < -0.39 is 0 Å². The molecular formula is C14H16ClN3O2. The summed E-state index contributed by atoms with van der Waals surface area (Å²) in [4.78, 5) is 6.51. The van der Waals surface area contributed by atoms with Crippen molar-refractivity contribution in [3.05, 3.63) is 35.2 Å². The van der Waals surface area contributed by atoms with Gasteiger partial charge in [0.1, 0.15) is 0 Å². The van der Waals surface area contributed by atoms with Crippen molar-refractivity contribution in [2.75, 3.05) is 13.1 Å². The van der Waals surface area contributed by atoms with Gasteiger partial charge in [-0.2, -0.15) is 4.98 Å². The van der Waals surface area contributed by atoms with Crippen LogP contribution in [0.25, 0.3) is 11.4 Å². The highest BCUT2D eigenvalue weighted by molar-refractivity contribution is 6.30. The number of nitrogens with zero attached hydrogens (tertiary/aromatic N) is 3. The van der Waals surface area contributed by atoms with E-state index in [1.807, 2.05) is 12.1 Å². The maximum atomic E-state index is 9.65. The second-order valence-electron chi connectivity index (χ2n) is 5.05. The van der Waals surface area contributed by atoms with Gasteiger partial charge < -0.3 is 9.63 Å². The van der Waals surface area contributed by atoms with Gasteiger partial charge in [0.25, 0.3) is 0 Å². The van der Waals surface area contributed by atoms with Crippen LogP contribution in [0.1, 0.15) is 18.7 Å². The molecule has 2 aromatic rings. The predicted molar refractivity (Wildman–Crippen MR) is 75.3 cm³/mol. The molecule has 3 rings (SSSR count). The van der Waals surface area contributed by atoms with Gasteiger partial charge in [-0.15, -0.1) is 0 Å². The second-order valence-corrected chi connectivity index (χ2v) is 5.49. The van der Waals surface area contributed by atoms with Crippen molar-refractivity contribution >= 4 is 11.6 Å². The molecule has 1 aromatic carbocycles. The lowest BCUT2D eigenvalue weighted by atomic mass is 10.1. The number of aliphatic hydroxyl groups is 1. The van der Waals surface area contributed by atoms with Crippen LogP contribution < -0.4 is 0 Å². The Morgan fingerprint density at radius 2 is 2.35 bits per heavy atom. The van der Waals surface area contributed by atoms with Crippen molar-refractivity contribution in [2.24, 2.45) is 0 Å². The van der Waals surface area contributed by atoms with E-state index in [1.54, 1.807) is 12.1 Å². The van der Waals surface area contributed by atoms with Crippen LogP contribution in [0.2, 0.25) is 5.02 Å². The van der Waals surface area contributed by atoms with Crippen LogP contribution in [0.5, 0.6) is 0 Å². The lowest BCUT2D eigenvalue weighted by Gasteiger charge is -2.28. The van der Waals surface area contributed by atoms with Crippen molar-refractivity contribution in [1.29, 1.82) is 0 Å². The Hall–Kier alpha value is -1.43. The fraction of sp³-hybridized carbons (Fsp3) is 0.429. The van der Waals surface area contributed by atoms with Gasteiger partial charge in [0.15, 0.2) is 0 Å². The summed E-state index contributed by atoms with van der Waals surface area (Å²) in [6, 6.07) is 7.36. The molecule has 2 heterocycles. The molecule has 0 saturated carbocycles. The Kier molecular flexibility index (Phi) is 4.00. The molecule has 6 heteroatoms. The molecule has 1 aromatic heterocycles. The van der Waals surface area contributed by atoms with Crippen LogP contribution in [0.4, 0.5) is 0 Å². The number of likely N-dealkylation sites (tertiary alicyclic amines) is 1. The minimum atomic E-state index is -0.251. The number of benzene rings is 1. The normalized spacial score (nSPS) is 20.2. The molecule has 1 atom stereocenters. The first-order valence-corrected chi connectivity index (χ1v) is 7.07. The van der Waals surface area contributed by atoms with Gasteiger partial charge in [-0.3, -0.25) is 4.90 Å². The van der Waals surface area contributed by atoms with Crippen LogP contribution in [0, 0.1) is 0 Å². The summed E-state index contributed by atoms with van der Waals surface area (Å²) in [5.41, 5.74) is 0.839. The second kappa shape index (κ2) is 5.91. The quantitative estimate of drug-likeness (QED) is 0.941. The largest absolute Gasteiger partial charge is 0.392 e. The molecule has 1 N–H and O–H groups in total. The fourth-order valence-corrected chi connectivity index (χ4v) is 2.62. The highest BCUT2D eigenvalue weighted by Crippen LogP contribution is 2.20. The average molecular weight is 294 g/mol. The van der Waals surface area contributed by atoms with E-state index in [0.717, 1.165) is 24.9 Å².